The number of carbonyl (C=O) groups excluding carboxylic acids is 1. The van der Waals surface area contributed by atoms with E-state index in [1.54, 1.807) is 0 Å². The number of piperidine rings is 1. The molecule has 1 aromatic rings. The quantitative estimate of drug-likeness (QED) is 0.872. The molecule has 19 heavy (non-hydrogen) atoms. The molecule has 1 amide bonds. The molecule has 1 aliphatic rings. The molecule has 0 bridgehead atoms. The zero-order chi connectivity index (χ0) is 13.7. The van der Waals surface area contributed by atoms with Crippen LogP contribution in [0.1, 0.15) is 31.7 Å². The van der Waals surface area contributed by atoms with Crippen LogP contribution in [0.2, 0.25) is 0 Å². The third kappa shape index (κ3) is 4.04. The van der Waals surface area contributed by atoms with Gasteiger partial charge in [-0.25, -0.2) is 0 Å². The molecule has 4 heteroatoms. The van der Waals surface area contributed by atoms with Crippen LogP contribution in [0.3, 0.4) is 0 Å². The van der Waals surface area contributed by atoms with Crippen molar-refractivity contribution in [2.45, 2.75) is 38.8 Å². The molecule has 104 valence electrons. The van der Waals surface area contributed by atoms with Gasteiger partial charge >= 0.3 is 0 Å². The maximum atomic E-state index is 10.9. The van der Waals surface area contributed by atoms with Gasteiger partial charge in [0.05, 0.1) is 6.61 Å². The Hall–Kier alpha value is -1.39. The van der Waals surface area contributed by atoms with Gasteiger partial charge in [-0.2, -0.15) is 0 Å². The van der Waals surface area contributed by atoms with Crippen molar-refractivity contribution in [2.75, 3.05) is 18.5 Å². The highest BCUT2D eigenvalue weighted by molar-refractivity contribution is 5.88. The van der Waals surface area contributed by atoms with Gasteiger partial charge in [0.2, 0.25) is 5.91 Å². The SMILES string of the molecule is CC(=O)Nc1ccc(CN2CCCC[C@H]2CO)cc1. The molecule has 0 spiro atoms. The minimum absolute atomic E-state index is 0.0517. The number of likely N-dealkylation sites (tertiary alicyclic amines) is 1. The highest BCUT2D eigenvalue weighted by Gasteiger charge is 2.21. The van der Waals surface area contributed by atoms with Crippen LogP contribution in [-0.4, -0.2) is 35.1 Å². The van der Waals surface area contributed by atoms with Gasteiger partial charge in [0.25, 0.3) is 0 Å². The fourth-order valence-electron chi connectivity index (χ4n) is 2.61. The summed E-state index contributed by atoms with van der Waals surface area (Å²) in [6.07, 6.45) is 3.50. The number of carbonyl (C=O) groups is 1. The Kier molecular flexibility index (Phi) is 4.93. The van der Waals surface area contributed by atoms with E-state index in [-0.39, 0.29) is 12.5 Å². The zero-order valence-corrected chi connectivity index (χ0v) is 11.4. The first kappa shape index (κ1) is 14.0. The first-order valence-electron chi connectivity index (χ1n) is 6.90. The number of rotatable bonds is 4. The molecule has 0 saturated carbocycles. The second kappa shape index (κ2) is 6.68. The number of hydrogen-bond donors (Lipinski definition) is 2. The fraction of sp³-hybridized carbons (Fsp3) is 0.533. The number of hydrogen-bond acceptors (Lipinski definition) is 3. The van der Waals surface area contributed by atoms with E-state index < -0.39 is 0 Å². The summed E-state index contributed by atoms with van der Waals surface area (Å²) in [4.78, 5) is 13.3. The van der Waals surface area contributed by atoms with E-state index >= 15 is 0 Å². The molecular weight excluding hydrogens is 240 g/mol. The lowest BCUT2D eigenvalue weighted by atomic mass is 10.0. The van der Waals surface area contributed by atoms with Gasteiger partial charge in [-0.1, -0.05) is 18.6 Å². The van der Waals surface area contributed by atoms with Crippen LogP contribution in [0.15, 0.2) is 24.3 Å². The summed E-state index contributed by atoms with van der Waals surface area (Å²) in [5.41, 5.74) is 2.04. The first-order chi connectivity index (χ1) is 9.19. The van der Waals surface area contributed by atoms with Gasteiger partial charge in [-0.3, -0.25) is 9.69 Å². The van der Waals surface area contributed by atoms with E-state index in [1.807, 2.05) is 24.3 Å². The minimum atomic E-state index is -0.0517. The van der Waals surface area contributed by atoms with Gasteiger partial charge in [0, 0.05) is 25.2 Å². The number of nitrogens with zero attached hydrogens (tertiary/aromatic N) is 1. The summed E-state index contributed by atoms with van der Waals surface area (Å²) >= 11 is 0. The van der Waals surface area contributed by atoms with E-state index in [0.29, 0.717) is 6.04 Å². The molecule has 0 aliphatic carbocycles. The number of aliphatic hydroxyl groups is 1. The lowest BCUT2D eigenvalue weighted by Crippen LogP contribution is -2.41. The molecule has 1 aromatic carbocycles. The van der Waals surface area contributed by atoms with E-state index in [0.717, 1.165) is 25.2 Å². The second-order valence-electron chi connectivity index (χ2n) is 5.18. The predicted molar refractivity (Wildman–Crippen MR) is 75.9 cm³/mol. The molecule has 1 aliphatic heterocycles. The van der Waals surface area contributed by atoms with Crippen LogP contribution >= 0.6 is 0 Å². The summed E-state index contributed by atoms with van der Waals surface area (Å²) in [5, 5.41) is 12.2. The predicted octanol–water partition coefficient (Wildman–Crippen LogP) is 1.99. The number of aliphatic hydroxyl groups excluding tert-OH is 1. The molecule has 1 heterocycles. The maximum absolute atomic E-state index is 10.9. The number of nitrogens with one attached hydrogen (secondary N) is 1. The van der Waals surface area contributed by atoms with Crippen molar-refractivity contribution in [3.05, 3.63) is 29.8 Å². The molecule has 1 saturated heterocycles. The average Bonchev–Trinajstić information content (AvgIpc) is 2.41. The fourth-order valence-corrected chi connectivity index (χ4v) is 2.61. The van der Waals surface area contributed by atoms with E-state index in [9.17, 15) is 9.90 Å². The normalized spacial score (nSPS) is 20.2. The molecule has 2 rings (SSSR count). The number of amides is 1. The lowest BCUT2D eigenvalue weighted by molar-refractivity contribution is -0.114. The van der Waals surface area contributed by atoms with E-state index in [1.165, 1.54) is 25.3 Å². The van der Waals surface area contributed by atoms with Crippen molar-refractivity contribution in [2.24, 2.45) is 0 Å². The average molecular weight is 262 g/mol. The third-order valence-corrected chi connectivity index (χ3v) is 3.62. The molecular formula is C15H22N2O2. The summed E-state index contributed by atoms with van der Waals surface area (Å²) in [6.45, 7) is 3.67. The van der Waals surface area contributed by atoms with Crippen LogP contribution in [0.25, 0.3) is 0 Å². The van der Waals surface area contributed by atoms with Crippen LogP contribution in [-0.2, 0) is 11.3 Å². The number of benzene rings is 1. The Morgan fingerprint density at radius 1 is 1.37 bits per heavy atom. The monoisotopic (exact) mass is 262 g/mol. The summed E-state index contributed by atoms with van der Waals surface area (Å²) in [5.74, 6) is -0.0517. The summed E-state index contributed by atoms with van der Waals surface area (Å²) in [6, 6.07) is 8.22. The van der Waals surface area contributed by atoms with Crippen LogP contribution < -0.4 is 5.32 Å². The Morgan fingerprint density at radius 3 is 2.74 bits per heavy atom. The van der Waals surface area contributed by atoms with Gasteiger partial charge in [0.1, 0.15) is 0 Å². The van der Waals surface area contributed by atoms with Crippen molar-refractivity contribution in [3.63, 3.8) is 0 Å². The van der Waals surface area contributed by atoms with Crippen molar-refractivity contribution in [1.82, 2.24) is 4.90 Å². The van der Waals surface area contributed by atoms with Crippen LogP contribution in [0.5, 0.6) is 0 Å². The highest BCUT2D eigenvalue weighted by atomic mass is 16.3. The molecule has 0 aromatic heterocycles. The van der Waals surface area contributed by atoms with Crippen LogP contribution in [0.4, 0.5) is 5.69 Å². The molecule has 2 N–H and O–H groups in total. The molecule has 0 radical (unpaired) electrons. The van der Waals surface area contributed by atoms with E-state index in [4.69, 9.17) is 0 Å². The first-order valence-corrected chi connectivity index (χ1v) is 6.90. The second-order valence-corrected chi connectivity index (χ2v) is 5.18. The van der Waals surface area contributed by atoms with Gasteiger partial charge in [0.15, 0.2) is 0 Å². The Bertz CT molecular complexity index is 417. The standard InChI is InChI=1S/C15H22N2O2/c1-12(19)16-14-7-5-13(6-8-14)10-17-9-3-2-4-15(17)11-18/h5-8,15,18H,2-4,9-11H2,1H3,(H,16,19)/t15-/m0/s1. The smallest absolute Gasteiger partial charge is 0.221 e. The van der Waals surface area contributed by atoms with Crippen molar-refractivity contribution in [3.8, 4) is 0 Å². The van der Waals surface area contributed by atoms with Crippen molar-refractivity contribution >= 4 is 11.6 Å². The van der Waals surface area contributed by atoms with Gasteiger partial charge in [-0.15, -0.1) is 0 Å². The zero-order valence-electron chi connectivity index (χ0n) is 11.4. The van der Waals surface area contributed by atoms with Gasteiger partial charge in [-0.05, 0) is 37.1 Å². The molecule has 0 unspecified atom stereocenters. The summed E-state index contributed by atoms with van der Waals surface area (Å²) < 4.78 is 0. The minimum Gasteiger partial charge on any atom is -0.395 e. The van der Waals surface area contributed by atoms with Crippen LogP contribution in [0, 0.1) is 0 Å². The lowest BCUT2D eigenvalue weighted by Gasteiger charge is -2.34. The number of anilines is 1. The molecule has 1 atom stereocenters. The van der Waals surface area contributed by atoms with Gasteiger partial charge < -0.3 is 10.4 Å². The third-order valence-electron chi connectivity index (χ3n) is 3.62. The Morgan fingerprint density at radius 2 is 2.11 bits per heavy atom. The topological polar surface area (TPSA) is 52.6 Å². The highest BCUT2D eigenvalue weighted by Crippen LogP contribution is 2.20. The maximum Gasteiger partial charge on any atom is 0.221 e. The molecule has 4 nitrogen and oxygen atoms in total. The summed E-state index contributed by atoms with van der Waals surface area (Å²) in [7, 11) is 0. The van der Waals surface area contributed by atoms with Crippen molar-refractivity contribution < 1.29 is 9.90 Å². The van der Waals surface area contributed by atoms with Crippen molar-refractivity contribution in [1.29, 1.82) is 0 Å². The van der Waals surface area contributed by atoms with E-state index in [2.05, 4.69) is 10.2 Å². The Balaban J connectivity index is 1.96. The largest absolute Gasteiger partial charge is 0.395 e. The Labute approximate surface area is 114 Å². The molecule has 1 fully saturated rings.